The zero-order valence-corrected chi connectivity index (χ0v) is 24.3. The van der Waals surface area contributed by atoms with E-state index in [2.05, 4.69) is 13.8 Å². The first-order valence-corrected chi connectivity index (χ1v) is 15.5. The zero-order chi connectivity index (χ0) is 26.8. The van der Waals surface area contributed by atoms with Crippen molar-refractivity contribution in [1.82, 2.24) is 0 Å². The summed E-state index contributed by atoms with van der Waals surface area (Å²) in [7, 11) is 0. The molecule has 0 aromatic heterocycles. The Balaban J connectivity index is 0.000000152. The molecule has 1 N–H and O–H groups in total. The molecular formula is C32H52O5. The second-order valence-electron chi connectivity index (χ2n) is 15.2. The third-order valence-electron chi connectivity index (χ3n) is 11.8. The molecule has 37 heavy (non-hydrogen) atoms. The molecule has 8 bridgehead atoms. The number of ether oxygens (including phenoxy) is 2. The van der Waals surface area contributed by atoms with Crippen LogP contribution in [0.2, 0.25) is 0 Å². The van der Waals surface area contributed by atoms with E-state index in [1.54, 1.807) is 0 Å². The maximum Gasteiger partial charge on any atom is 0.312 e. The number of esters is 2. The molecule has 3 atom stereocenters. The molecule has 8 fully saturated rings. The van der Waals surface area contributed by atoms with E-state index < -0.39 is 5.60 Å². The third kappa shape index (κ3) is 5.12. The lowest BCUT2D eigenvalue weighted by atomic mass is 9.50. The van der Waals surface area contributed by atoms with E-state index in [0.29, 0.717) is 30.1 Å². The minimum atomic E-state index is -0.542. The van der Waals surface area contributed by atoms with Crippen LogP contribution in [-0.4, -0.2) is 33.8 Å². The molecule has 5 nitrogen and oxygen atoms in total. The first-order chi connectivity index (χ1) is 17.3. The minimum absolute atomic E-state index is 0.0185. The lowest BCUT2D eigenvalue weighted by Crippen LogP contribution is -2.60. The van der Waals surface area contributed by atoms with Crippen molar-refractivity contribution in [2.24, 2.45) is 46.8 Å². The summed E-state index contributed by atoms with van der Waals surface area (Å²) in [5, 5.41) is 10.6. The molecule has 0 aromatic carbocycles. The highest BCUT2D eigenvalue weighted by Crippen LogP contribution is 2.60. The van der Waals surface area contributed by atoms with Crippen LogP contribution in [0.3, 0.4) is 0 Å². The summed E-state index contributed by atoms with van der Waals surface area (Å²) in [6.07, 6.45) is 14.0. The number of rotatable bonds is 6. The fourth-order valence-corrected chi connectivity index (χ4v) is 9.50. The molecule has 0 amide bonds. The van der Waals surface area contributed by atoms with Gasteiger partial charge in [-0.2, -0.15) is 0 Å². The molecule has 3 unspecified atom stereocenters. The van der Waals surface area contributed by atoms with E-state index in [4.69, 9.17) is 9.47 Å². The van der Waals surface area contributed by atoms with Crippen molar-refractivity contribution in [1.29, 1.82) is 0 Å². The van der Waals surface area contributed by atoms with Gasteiger partial charge in [0.15, 0.2) is 0 Å². The van der Waals surface area contributed by atoms with E-state index in [-0.39, 0.29) is 34.5 Å². The summed E-state index contributed by atoms with van der Waals surface area (Å²) >= 11 is 0. The van der Waals surface area contributed by atoms with Gasteiger partial charge in [0, 0.05) is 6.42 Å². The highest BCUT2D eigenvalue weighted by atomic mass is 16.6. The van der Waals surface area contributed by atoms with Gasteiger partial charge in [-0.25, -0.2) is 0 Å². The maximum absolute atomic E-state index is 12.5. The van der Waals surface area contributed by atoms with Crippen molar-refractivity contribution in [3.8, 4) is 0 Å². The van der Waals surface area contributed by atoms with Gasteiger partial charge < -0.3 is 14.6 Å². The standard InChI is InChI=1S/C17H28O2.C15H24O3/c1-5-16(2,3)15(18)19-17(4)13-7-11-6-12(9-13)10-14(17)8-11;1-3-10(2)13(16)18-15-7-11-4-12(8-15)6-14(17,5-11)9-15/h11-14H,5-10H2,1-4H3;10-12,17H,3-9H2,1-2H3. The summed E-state index contributed by atoms with van der Waals surface area (Å²) in [5.74, 6) is 4.17. The van der Waals surface area contributed by atoms with Gasteiger partial charge in [0.25, 0.3) is 0 Å². The van der Waals surface area contributed by atoms with Crippen molar-refractivity contribution >= 4 is 11.9 Å². The lowest BCUT2D eigenvalue weighted by molar-refractivity contribution is -0.222. The quantitative estimate of drug-likeness (QED) is 0.391. The molecular weight excluding hydrogens is 464 g/mol. The molecule has 0 saturated heterocycles. The first kappa shape index (κ1) is 27.5. The van der Waals surface area contributed by atoms with E-state index in [9.17, 15) is 14.7 Å². The number of carbonyl (C=O) groups excluding carboxylic acids is 2. The van der Waals surface area contributed by atoms with Gasteiger partial charge in [-0.15, -0.1) is 0 Å². The zero-order valence-electron chi connectivity index (χ0n) is 24.3. The van der Waals surface area contributed by atoms with Crippen LogP contribution in [0, 0.1) is 46.8 Å². The summed E-state index contributed by atoms with van der Waals surface area (Å²) in [6.45, 7) is 12.3. The molecule has 0 aliphatic heterocycles. The van der Waals surface area contributed by atoms with Crippen LogP contribution >= 0.6 is 0 Å². The van der Waals surface area contributed by atoms with E-state index in [0.717, 1.165) is 50.4 Å². The third-order valence-corrected chi connectivity index (χ3v) is 11.8. The van der Waals surface area contributed by atoms with Crippen LogP contribution in [0.15, 0.2) is 0 Å². The largest absolute Gasteiger partial charge is 0.459 e. The topological polar surface area (TPSA) is 72.8 Å². The fraction of sp³-hybridized carbons (Fsp3) is 0.938. The van der Waals surface area contributed by atoms with Crippen molar-refractivity contribution in [3.05, 3.63) is 0 Å². The monoisotopic (exact) mass is 516 g/mol. The van der Waals surface area contributed by atoms with E-state index in [1.165, 1.54) is 38.5 Å². The van der Waals surface area contributed by atoms with Gasteiger partial charge in [0.2, 0.25) is 0 Å². The SMILES string of the molecule is CCC(C)(C)C(=O)OC1(C)C2CC3CC(C2)CC1C3.CCC(C)C(=O)OC12CC3CC(CC(O)(C3)C1)C2. The Morgan fingerprint density at radius 3 is 1.84 bits per heavy atom. The number of hydrogen-bond donors (Lipinski definition) is 1. The van der Waals surface area contributed by atoms with Crippen molar-refractivity contribution in [3.63, 3.8) is 0 Å². The Hall–Kier alpha value is -1.10. The Morgan fingerprint density at radius 2 is 1.38 bits per heavy atom. The van der Waals surface area contributed by atoms with Crippen molar-refractivity contribution in [2.75, 3.05) is 0 Å². The molecule has 5 heteroatoms. The first-order valence-electron chi connectivity index (χ1n) is 15.5. The molecule has 0 radical (unpaired) electrons. The summed E-state index contributed by atoms with van der Waals surface area (Å²) in [6, 6.07) is 0. The lowest BCUT2D eigenvalue weighted by Gasteiger charge is -2.59. The molecule has 8 saturated carbocycles. The van der Waals surface area contributed by atoms with Gasteiger partial charge in [0.05, 0.1) is 16.9 Å². The number of hydrogen-bond acceptors (Lipinski definition) is 5. The molecule has 210 valence electrons. The average molecular weight is 517 g/mol. The predicted molar refractivity (Wildman–Crippen MR) is 144 cm³/mol. The van der Waals surface area contributed by atoms with Crippen LogP contribution in [0.4, 0.5) is 0 Å². The number of carbonyl (C=O) groups is 2. The van der Waals surface area contributed by atoms with Crippen LogP contribution in [0.5, 0.6) is 0 Å². The van der Waals surface area contributed by atoms with Gasteiger partial charge in [-0.3, -0.25) is 9.59 Å². The second-order valence-corrected chi connectivity index (χ2v) is 15.2. The minimum Gasteiger partial charge on any atom is -0.459 e. The highest BCUT2D eigenvalue weighted by molar-refractivity contribution is 5.76. The predicted octanol–water partition coefficient (Wildman–Crippen LogP) is 6.84. The van der Waals surface area contributed by atoms with E-state index in [1.807, 2.05) is 27.7 Å². The summed E-state index contributed by atoms with van der Waals surface area (Å²) in [4.78, 5) is 24.5. The average Bonchev–Trinajstić information content (AvgIpc) is 2.80. The smallest absolute Gasteiger partial charge is 0.312 e. The summed E-state index contributed by atoms with van der Waals surface area (Å²) in [5.41, 5.74) is -1.38. The van der Waals surface area contributed by atoms with Crippen LogP contribution in [0.25, 0.3) is 0 Å². The van der Waals surface area contributed by atoms with Crippen molar-refractivity contribution in [2.45, 2.75) is 142 Å². The Bertz CT molecular complexity index is 848. The molecule has 0 heterocycles. The normalized spacial score (nSPS) is 45.7. The number of aliphatic hydroxyl groups is 1. The Kier molecular flexibility index (Phi) is 7.07. The molecule has 8 aliphatic rings. The Morgan fingerprint density at radius 1 is 0.865 bits per heavy atom. The van der Waals surface area contributed by atoms with Crippen LogP contribution in [0.1, 0.15) is 125 Å². The second kappa shape index (κ2) is 9.52. The van der Waals surface area contributed by atoms with Gasteiger partial charge in [-0.05, 0) is 133 Å². The molecule has 8 aliphatic carbocycles. The van der Waals surface area contributed by atoms with Gasteiger partial charge >= 0.3 is 11.9 Å². The molecule has 0 aromatic rings. The fourth-order valence-electron chi connectivity index (χ4n) is 9.50. The molecule has 8 rings (SSSR count). The maximum atomic E-state index is 12.5. The summed E-state index contributed by atoms with van der Waals surface area (Å²) < 4.78 is 12.0. The van der Waals surface area contributed by atoms with Gasteiger partial charge in [0.1, 0.15) is 11.2 Å². The van der Waals surface area contributed by atoms with Crippen LogP contribution in [-0.2, 0) is 19.1 Å². The Labute approximate surface area is 224 Å². The van der Waals surface area contributed by atoms with Crippen molar-refractivity contribution < 1.29 is 24.2 Å². The van der Waals surface area contributed by atoms with Gasteiger partial charge in [-0.1, -0.05) is 20.8 Å². The van der Waals surface area contributed by atoms with E-state index >= 15 is 0 Å². The molecule has 0 spiro atoms. The highest BCUT2D eigenvalue weighted by Gasteiger charge is 2.60. The van der Waals surface area contributed by atoms with Crippen LogP contribution < -0.4 is 0 Å².